The van der Waals surface area contributed by atoms with Crippen molar-refractivity contribution in [2.75, 3.05) is 0 Å². The molecule has 0 aliphatic carbocycles. The molecule has 15 heavy (non-hydrogen) atoms. The Balaban J connectivity index is 2.26. The van der Waals surface area contributed by atoms with Gasteiger partial charge in [0.1, 0.15) is 11.5 Å². The van der Waals surface area contributed by atoms with E-state index >= 15 is 0 Å². The van der Waals surface area contributed by atoms with Crippen molar-refractivity contribution in [3.05, 3.63) is 45.9 Å². The average molecular weight is 330 g/mol. The van der Waals surface area contributed by atoms with Crippen molar-refractivity contribution >= 4 is 31.9 Å². The Morgan fingerprint density at radius 3 is 2.67 bits per heavy atom. The molecule has 5 heteroatoms. The fourth-order valence-electron chi connectivity index (χ4n) is 1.02. The maximum absolute atomic E-state index is 5.61. The Kier molecular flexibility index (Phi) is 3.33. The van der Waals surface area contributed by atoms with Crippen LogP contribution in [-0.4, -0.2) is 9.97 Å². The number of hydrogen-bond donors (Lipinski definition) is 0. The van der Waals surface area contributed by atoms with Crippen molar-refractivity contribution in [2.24, 2.45) is 0 Å². The highest BCUT2D eigenvalue weighted by molar-refractivity contribution is 9.10. The molecular formula is C10H6Br2N2O. The van der Waals surface area contributed by atoms with Gasteiger partial charge in [0.2, 0.25) is 0 Å². The van der Waals surface area contributed by atoms with Crippen LogP contribution in [0.1, 0.15) is 0 Å². The summed E-state index contributed by atoms with van der Waals surface area (Å²) < 4.78 is 7.30. The highest BCUT2D eigenvalue weighted by Crippen LogP contribution is 2.28. The molecule has 76 valence electrons. The second kappa shape index (κ2) is 4.72. The zero-order chi connectivity index (χ0) is 10.7. The SMILES string of the molecule is Brc1cncc(Oc2ccncc2Br)c1. The van der Waals surface area contributed by atoms with E-state index in [4.69, 9.17) is 4.74 Å². The van der Waals surface area contributed by atoms with Gasteiger partial charge in [-0.15, -0.1) is 0 Å². The first-order valence-electron chi connectivity index (χ1n) is 4.13. The maximum atomic E-state index is 5.61. The molecular weight excluding hydrogens is 324 g/mol. The second-order valence-corrected chi connectivity index (χ2v) is 4.52. The Hall–Kier alpha value is -0.940. The summed E-state index contributed by atoms with van der Waals surface area (Å²) in [5.74, 6) is 1.39. The van der Waals surface area contributed by atoms with E-state index < -0.39 is 0 Å². The summed E-state index contributed by atoms with van der Waals surface area (Å²) in [6.45, 7) is 0. The monoisotopic (exact) mass is 328 g/mol. The van der Waals surface area contributed by atoms with Crippen molar-refractivity contribution in [2.45, 2.75) is 0 Å². The first-order valence-corrected chi connectivity index (χ1v) is 5.72. The molecule has 0 unspecified atom stereocenters. The fourth-order valence-corrected chi connectivity index (χ4v) is 1.70. The Morgan fingerprint density at radius 2 is 1.93 bits per heavy atom. The number of ether oxygens (including phenoxy) is 1. The lowest BCUT2D eigenvalue weighted by atomic mass is 10.4. The van der Waals surface area contributed by atoms with E-state index in [0.717, 1.165) is 8.95 Å². The van der Waals surface area contributed by atoms with Crippen molar-refractivity contribution < 1.29 is 4.74 Å². The van der Waals surface area contributed by atoms with Crippen molar-refractivity contribution in [3.8, 4) is 11.5 Å². The van der Waals surface area contributed by atoms with E-state index in [-0.39, 0.29) is 0 Å². The van der Waals surface area contributed by atoms with Gasteiger partial charge >= 0.3 is 0 Å². The number of halogens is 2. The third-order valence-electron chi connectivity index (χ3n) is 1.64. The number of rotatable bonds is 2. The number of aromatic nitrogens is 2. The third-order valence-corrected chi connectivity index (χ3v) is 2.67. The zero-order valence-electron chi connectivity index (χ0n) is 7.52. The van der Waals surface area contributed by atoms with Crippen LogP contribution in [0, 0.1) is 0 Å². The Labute approximate surface area is 104 Å². The highest BCUT2D eigenvalue weighted by atomic mass is 79.9. The van der Waals surface area contributed by atoms with E-state index in [1.54, 1.807) is 30.9 Å². The first-order chi connectivity index (χ1) is 7.25. The molecule has 0 amide bonds. The predicted octanol–water partition coefficient (Wildman–Crippen LogP) is 3.79. The topological polar surface area (TPSA) is 35.0 Å². The summed E-state index contributed by atoms with van der Waals surface area (Å²) >= 11 is 6.68. The molecule has 3 nitrogen and oxygen atoms in total. The van der Waals surface area contributed by atoms with Gasteiger partial charge in [-0.25, -0.2) is 0 Å². The molecule has 0 bridgehead atoms. The van der Waals surface area contributed by atoms with Gasteiger partial charge in [-0.05, 0) is 37.9 Å². The summed E-state index contributed by atoms with van der Waals surface area (Å²) in [5.41, 5.74) is 0. The van der Waals surface area contributed by atoms with E-state index in [1.165, 1.54) is 0 Å². The van der Waals surface area contributed by atoms with Gasteiger partial charge in [-0.2, -0.15) is 0 Å². The molecule has 0 aliphatic heterocycles. The smallest absolute Gasteiger partial charge is 0.146 e. The molecule has 0 radical (unpaired) electrons. The number of hydrogen-bond acceptors (Lipinski definition) is 3. The standard InChI is InChI=1S/C10H6Br2N2O/c11-7-3-8(5-14-4-7)15-10-1-2-13-6-9(10)12/h1-6H. The van der Waals surface area contributed by atoms with Gasteiger partial charge in [0.25, 0.3) is 0 Å². The van der Waals surface area contributed by atoms with Crippen LogP contribution in [0.5, 0.6) is 11.5 Å². The van der Waals surface area contributed by atoms with Crippen LogP contribution >= 0.6 is 31.9 Å². The molecule has 2 aromatic heterocycles. The summed E-state index contributed by atoms with van der Waals surface area (Å²) in [5, 5.41) is 0. The van der Waals surface area contributed by atoms with Gasteiger partial charge in [0, 0.05) is 29.1 Å². The fraction of sp³-hybridized carbons (Fsp3) is 0. The Bertz CT molecular complexity index is 476. The predicted molar refractivity (Wildman–Crippen MR) is 63.9 cm³/mol. The zero-order valence-corrected chi connectivity index (χ0v) is 10.7. The van der Waals surface area contributed by atoms with E-state index in [1.807, 2.05) is 6.07 Å². The third kappa shape index (κ3) is 2.76. The van der Waals surface area contributed by atoms with Gasteiger partial charge in [-0.1, -0.05) is 0 Å². The molecule has 2 aromatic rings. The van der Waals surface area contributed by atoms with Crippen molar-refractivity contribution in [1.82, 2.24) is 9.97 Å². The van der Waals surface area contributed by atoms with Crippen molar-refractivity contribution in [1.29, 1.82) is 0 Å². The first kappa shape index (κ1) is 10.6. The highest BCUT2D eigenvalue weighted by Gasteiger charge is 2.02. The summed E-state index contributed by atoms with van der Waals surface area (Å²) in [4.78, 5) is 7.96. The van der Waals surface area contributed by atoms with Crippen LogP contribution in [0.15, 0.2) is 45.9 Å². The van der Waals surface area contributed by atoms with Crippen LogP contribution in [0.3, 0.4) is 0 Å². The molecule has 0 atom stereocenters. The molecule has 0 N–H and O–H groups in total. The van der Waals surface area contributed by atoms with E-state index in [0.29, 0.717) is 11.5 Å². The second-order valence-electron chi connectivity index (χ2n) is 2.75. The van der Waals surface area contributed by atoms with E-state index in [2.05, 4.69) is 41.8 Å². The summed E-state index contributed by atoms with van der Waals surface area (Å²) in [6.07, 6.45) is 6.71. The minimum atomic E-state index is 0.677. The van der Waals surface area contributed by atoms with Crippen molar-refractivity contribution in [3.63, 3.8) is 0 Å². The maximum Gasteiger partial charge on any atom is 0.146 e. The van der Waals surface area contributed by atoms with Gasteiger partial charge < -0.3 is 4.74 Å². The number of nitrogens with zero attached hydrogens (tertiary/aromatic N) is 2. The number of pyridine rings is 2. The van der Waals surface area contributed by atoms with Gasteiger partial charge in [-0.3, -0.25) is 9.97 Å². The average Bonchev–Trinajstić information content (AvgIpc) is 2.22. The lowest BCUT2D eigenvalue weighted by Gasteiger charge is -2.06. The van der Waals surface area contributed by atoms with E-state index in [9.17, 15) is 0 Å². The van der Waals surface area contributed by atoms with Crippen LogP contribution in [0.2, 0.25) is 0 Å². The minimum Gasteiger partial charge on any atom is -0.454 e. The van der Waals surface area contributed by atoms with Crippen LogP contribution in [0.4, 0.5) is 0 Å². The lowest BCUT2D eigenvalue weighted by Crippen LogP contribution is -1.87. The molecule has 0 fully saturated rings. The molecule has 0 saturated heterocycles. The summed E-state index contributed by atoms with van der Waals surface area (Å²) in [7, 11) is 0. The molecule has 2 heterocycles. The van der Waals surface area contributed by atoms with Crippen LogP contribution in [-0.2, 0) is 0 Å². The molecule has 2 rings (SSSR count). The quantitative estimate of drug-likeness (QED) is 0.840. The van der Waals surface area contributed by atoms with Crippen LogP contribution < -0.4 is 4.74 Å². The normalized spacial score (nSPS) is 10.0. The molecule has 0 spiro atoms. The minimum absolute atomic E-state index is 0.677. The molecule has 0 aliphatic rings. The summed E-state index contributed by atoms with van der Waals surface area (Å²) in [6, 6.07) is 3.63. The Morgan fingerprint density at radius 1 is 1.07 bits per heavy atom. The van der Waals surface area contributed by atoms with Gasteiger partial charge in [0.05, 0.1) is 10.7 Å². The largest absolute Gasteiger partial charge is 0.454 e. The molecule has 0 aromatic carbocycles. The molecule has 0 saturated carbocycles. The van der Waals surface area contributed by atoms with Crippen LogP contribution in [0.25, 0.3) is 0 Å². The van der Waals surface area contributed by atoms with Gasteiger partial charge in [0.15, 0.2) is 0 Å². The lowest BCUT2D eigenvalue weighted by molar-refractivity contribution is 0.476.